The summed E-state index contributed by atoms with van der Waals surface area (Å²) >= 11 is 0. The van der Waals surface area contributed by atoms with Crippen LogP contribution in [0.5, 0.6) is 0 Å². The number of benzene rings is 1. The predicted molar refractivity (Wildman–Crippen MR) is 75.3 cm³/mol. The van der Waals surface area contributed by atoms with Crippen LogP contribution in [-0.4, -0.2) is 5.48 Å². The molecule has 1 rings (SSSR count). The Bertz CT molecular complexity index is 323. The maximum Gasteiger partial charge on any atom is 0.0297 e. The van der Waals surface area contributed by atoms with Crippen LogP contribution in [0.25, 0.3) is 0 Å². The van der Waals surface area contributed by atoms with E-state index in [9.17, 15) is 0 Å². The summed E-state index contributed by atoms with van der Waals surface area (Å²) < 4.78 is 0. The van der Waals surface area contributed by atoms with Gasteiger partial charge in [-0.15, -0.1) is 0 Å². The Morgan fingerprint density at radius 1 is 1.12 bits per heavy atom. The Kier molecular flexibility index (Phi) is 7.85. The molecule has 0 aromatic heterocycles. The topological polar surface area (TPSA) is 57.5 Å². The van der Waals surface area contributed by atoms with E-state index in [1.165, 1.54) is 29.5 Å². The van der Waals surface area contributed by atoms with Crippen molar-refractivity contribution in [1.29, 1.82) is 0 Å². The minimum absolute atomic E-state index is 0. The van der Waals surface area contributed by atoms with E-state index in [4.69, 9.17) is 5.73 Å². The van der Waals surface area contributed by atoms with Gasteiger partial charge in [0.1, 0.15) is 0 Å². The lowest BCUT2D eigenvalue weighted by Crippen LogP contribution is -2.13. The van der Waals surface area contributed by atoms with Crippen LogP contribution >= 0.6 is 0 Å². The fourth-order valence-corrected chi connectivity index (χ4v) is 2.34. The van der Waals surface area contributed by atoms with Gasteiger partial charge >= 0.3 is 0 Å². The van der Waals surface area contributed by atoms with E-state index < -0.39 is 0 Å². The van der Waals surface area contributed by atoms with Crippen molar-refractivity contribution in [3.8, 4) is 0 Å². The highest BCUT2D eigenvalue weighted by atomic mass is 16.0. The molecule has 1 unspecified atom stereocenters. The Balaban J connectivity index is 0.00000256. The van der Waals surface area contributed by atoms with Gasteiger partial charge in [-0.1, -0.05) is 51.8 Å². The number of nitrogens with two attached hydrogens (primary N) is 1. The molecule has 0 aliphatic rings. The molecule has 0 amide bonds. The van der Waals surface area contributed by atoms with Gasteiger partial charge < -0.3 is 11.2 Å². The van der Waals surface area contributed by atoms with E-state index in [0.717, 1.165) is 19.3 Å². The highest BCUT2D eigenvalue weighted by molar-refractivity contribution is 5.37. The highest BCUT2D eigenvalue weighted by Crippen LogP contribution is 2.24. The minimum Gasteiger partial charge on any atom is -0.412 e. The molecule has 0 saturated carbocycles. The standard InChI is InChI=1S/C15H25N.H2O/c1-4-7-11-15(16)14-10-8-9-12(5-2)13(14)6-3;/h8-10,15H,4-7,11,16H2,1-3H3;1H2. The number of hydrogen-bond donors (Lipinski definition) is 1. The summed E-state index contributed by atoms with van der Waals surface area (Å²) in [6.45, 7) is 6.66. The molecule has 0 aliphatic carbocycles. The van der Waals surface area contributed by atoms with E-state index >= 15 is 0 Å². The van der Waals surface area contributed by atoms with Gasteiger partial charge in [0.05, 0.1) is 0 Å². The van der Waals surface area contributed by atoms with Crippen LogP contribution in [-0.2, 0) is 12.8 Å². The molecule has 0 bridgehead atoms. The van der Waals surface area contributed by atoms with E-state index in [2.05, 4.69) is 39.0 Å². The first-order valence-corrected chi connectivity index (χ1v) is 6.60. The molecule has 0 spiro atoms. The van der Waals surface area contributed by atoms with E-state index in [0.29, 0.717) is 0 Å². The Labute approximate surface area is 106 Å². The van der Waals surface area contributed by atoms with Gasteiger partial charge in [-0.2, -0.15) is 0 Å². The summed E-state index contributed by atoms with van der Waals surface area (Å²) in [4.78, 5) is 0. The van der Waals surface area contributed by atoms with Crippen LogP contribution in [0, 0.1) is 0 Å². The summed E-state index contributed by atoms with van der Waals surface area (Å²) in [5.74, 6) is 0. The van der Waals surface area contributed by atoms with Gasteiger partial charge in [-0.25, -0.2) is 0 Å². The lowest BCUT2D eigenvalue weighted by atomic mass is 9.91. The van der Waals surface area contributed by atoms with E-state index in [1.807, 2.05) is 0 Å². The molecule has 1 aromatic carbocycles. The van der Waals surface area contributed by atoms with Gasteiger partial charge in [0, 0.05) is 6.04 Å². The molecule has 17 heavy (non-hydrogen) atoms. The summed E-state index contributed by atoms with van der Waals surface area (Å²) in [6.07, 6.45) is 5.76. The van der Waals surface area contributed by atoms with Crippen molar-refractivity contribution in [2.75, 3.05) is 0 Å². The molecule has 2 heteroatoms. The number of aryl methyl sites for hydroxylation is 1. The Morgan fingerprint density at radius 3 is 2.35 bits per heavy atom. The Hall–Kier alpha value is -0.860. The lowest BCUT2D eigenvalue weighted by molar-refractivity contribution is 0.598. The second kappa shape index (κ2) is 8.26. The largest absolute Gasteiger partial charge is 0.412 e. The molecule has 2 nitrogen and oxygen atoms in total. The van der Waals surface area contributed by atoms with Crippen LogP contribution in [0.1, 0.15) is 62.8 Å². The molecular formula is C15H27NO. The first-order valence-electron chi connectivity index (χ1n) is 6.60. The van der Waals surface area contributed by atoms with Gasteiger partial charge in [0.25, 0.3) is 0 Å². The van der Waals surface area contributed by atoms with Crippen LogP contribution in [0.2, 0.25) is 0 Å². The molecule has 1 aromatic rings. The molecule has 0 saturated heterocycles. The second-order valence-corrected chi connectivity index (χ2v) is 4.44. The van der Waals surface area contributed by atoms with E-state index in [1.54, 1.807) is 0 Å². The smallest absolute Gasteiger partial charge is 0.0297 e. The average molecular weight is 237 g/mol. The van der Waals surface area contributed by atoms with Crippen molar-refractivity contribution in [2.45, 2.75) is 58.9 Å². The molecule has 0 heterocycles. The van der Waals surface area contributed by atoms with Crippen molar-refractivity contribution in [3.63, 3.8) is 0 Å². The van der Waals surface area contributed by atoms with Gasteiger partial charge in [-0.3, -0.25) is 0 Å². The van der Waals surface area contributed by atoms with Gasteiger partial charge in [-0.05, 0) is 36.0 Å². The van der Waals surface area contributed by atoms with Crippen LogP contribution in [0.15, 0.2) is 18.2 Å². The third-order valence-electron chi connectivity index (χ3n) is 3.31. The van der Waals surface area contributed by atoms with Crippen molar-refractivity contribution in [3.05, 3.63) is 34.9 Å². The van der Waals surface area contributed by atoms with Crippen LogP contribution < -0.4 is 5.73 Å². The van der Waals surface area contributed by atoms with Crippen LogP contribution in [0.4, 0.5) is 0 Å². The normalized spacial score (nSPS) is 12.0. The lowest BCUT2D eigenvalue weighted by Gasteiger charge is -2.18. The maximum atomic E-state index is 6.28. The summed E-state index contributed by atoms with van der Waals surface area (Å²) in [5, 5.41) is 0. The number of rotatable bonds is 6. The average Bonchev–Trinajstić information content (AvgIpc) is 2.34. The summed E-state index contributed by atoms with van der Waals surface area (Å²) in [5.41, 5.74) is 10.6. The number of unbranched alkanes of at least 4 members (excludes halogenated alkanes) is 1. The zero-order valence-corrected chi connectivity index (χ0v) is 11.4. The molecule has 1 atom stereocenters. The van der Waals surface area contributed by atoms with E-state index in [-0.39, 0.29) is 11.5 Å². The number of hydrogen-bond acceptors (Lipinski definition) is 1. The fourth-order valence-electron chi connectivity index (χ4n) is 2.34. The van der Waals surface area contributed by atoms with Crippen molar-refractivity contribution in [1.82, 2.24) is 0 Å². The first-order chi connectivity index (χ1) is 7.74. The quantitative estimate of drug-likeness (QED) is 0.811. The third-order valence-corrected chi connectivity index (χ3v) is 3.31. The predicted octanol–water partition coefficient (Wildman–Crippen LogP) is 3.18. The monoisotopic (exact) mass is 237 g/mol. The molecule has 0 radical (unpaired) electrons. The van der Waals surface area contributed by atoms with Crippen molar-refractivity contribution < 1.29 is 5.48 Å². The molecule has 98 valence electrons. The molecule has 4 N–H and O–H groups in total. The molecular weight excluding hydrogens is 210 g/mol. The maximum absolute atomic E-state index is 6.28. The van der Waals surface area contributed by atoms with Crippen molar-refractivity contribution in [2.24, 2.45) is 5.73 Å². The zero-order valence-electron chi connectivity index (χ0n) is 11.4. The second-order valence-electron chi connectivity index (χ2n) is 4.44. The Morgan fingerprint density at radius 2 is 1.82 bits per heavy atom. The SMILES string of the molecule is CCCCC(N)c1cccc(CC)c1CC.O. The highest BCUT2D eigenvalue weighted by Gasteiger charge is 2.11. The molecule has 0 aliphatic heterocycles. The third kappa shape index (κ3) is 4.14. The zero-order chi connectivity index (χ0) is 12.0. The molecule has 0 fully saturated rings. The summed E-state index contributed by atoms with van der Waals surface area (Å²) in [7, 11) is 0. The van der Waals surface area contributed by atoms with Gasteiger partial charge in [0.15, 0.2) is 0 Å². The fraction of sp³-hybridized carbons (Fsp3) is 0.600. The van der Waals surface area contributed by atoms with Gasteiger partial charge in [0.2, 0.25) is 0 Å². The van der Waals surface area contributed by atoms with Crippen LogP contribution in [0.3, 0.4) is 0 Å². The summed E-state index contributed by atoms with van der Waals surface area (Å²) in [6, 6.07) is 6.81. The minimum atomic E-state index is 0. The van der Waals surface area contributed by atoms with Crippen molar-refractivity contribution >= 4 is 0 Å². The first kappa shape index (κ1) is 16.1.